The number of hydrogen-bond donors (Lipinski definition) is 7. The van der Waals surface area contributed by atoms with E-state index in [0.29, 0.717) is 5.69 Å². The van der Waals surface area contributed by atoms with Crippen molar-refractivity contribution in [3.8, 4) is 0 Å². The molecule has 3 atom stereocenters. The number of carboxylic acids is 1. The van der Waals surface area contributed by atoms with Crippen LogP contribution in [0.4, 0.5) is 0 Å². The predicted molar refractivity (Wildman–Crippen MR) is 119 cm³/mol. The maximum atomic E-state index is 12.6. The molecule has 1 heterocycles. The first-order chi connectivity index (χ1) is 15.3. The summed E-state index contributed by atoms with van der Waals surface area (Å²) in [6.07, 6.45) is 3.11. The monoisotopic (exact) mass is 462 g/mol. The van der Waals surface area contributed by atoms with Crippen molar-refractivity contribution in [2.24, 2.45) is 5.73 Å². The number of H-pyrrole nitrogens is 1. The van der Waals surface area contributed by atoms with Crippen molar-refractivity contribution in [3.05, 3.63) is 54.1 Å². The molecule has 32 heavy (non-hydrogen) atoms. The van der Waals surface area contributed by atoms with E-state index in [-0.39, 0.29) is 18.6 Å². The van der Waals surface area contributed by atoms with Gasteiger partial charge in [0.2, 0.25) is 17.7 Å². The number of aliphatic carboxylic acids is 1. The minimum atomic E-state index is -1.20. The van der Waals surface area contributed by atoms with Crippen molar-refractivity contribution in [2.45, 2.75) is 31.0 Å². The van der Waals surface area contributed by atoms with Gasteiger partial charge in [0.25, 0.3) is 0 Å². The SMILES string of the molecule is NC(CS)C(=O)NC(Cc1cnc[nH]1)C(=O)NCC(=O)NC(Cc1ccccc1)C(=O)O. The van der Waals surface area contributed by atoms with Gasteiger partial charge < -0.3 is 31.8 Å². The molecular formula is C20H26N6O5S. The van der Waals surface area contributed by atoms with Gasteiger partial charge in [-0.15, -0.1) is 0 Å². The Hall–Kier alpha value is -3.38. The van der Waals surface area contributed by atoms with Crippen LogP contribution in [0, 0.1) is 0 Å². The Morgan fingerprint density at radius 3 is 2.38 bits per heavy atom. The Morgan fingerprint density at radius 2 is 1.78 bits per heavy atom. The fourth-order valence-electron chi connectivity index (χ4n) is 2.77. The highest BCUT2D eigenvalue weighted by molar-refractivity contribution is 7.80. The average molecular weight is 463 g/mol. The number of carbonyl (C=O) groups excluding carboxylic acids is 3. The fourth-order valence-corrected chi connectivity index (χ4v) is 2.94. The van der Waals surface area contributed by atoms with Crippen molar-refractivity contribution in [3.63, 3.8) is 0 Å². The number of nitrogens with one attached hydrogen (secondary N) is 4. The number of rotatable bonds is 12. The molecule has 3 amide bonds. The summed E-state index contributed by atoms with van der Waals surface area (Å²) in [6.45, 7) is -0.467. The van der Waals surface area contributed by atoms with Crippen LogP contribution in [0.15, 0.2) is 42.9 Å². The lowest BCUT2D eigenvalue weighted by Crippen LogP contribution is -2.54. The summed E-state index contributed by atoms with van der Waals surface area (Å²) in [5, 5.41) is 16.7. The highest BCUT2D eigenvalue weighted by Gasteiger charge is 2.25. The summed E-state index contributed by atoms with van der Waals surface area (Å²) in [4.78, 5) is 55.2. The quantitative estimate of drug-likeness (QED) is 0.190. The number of benzene rings is 1. The van der Waals surface area contributed by atoms with Crippen LogP contribution in [0.5, 0.6) is 0 Å². The molecule has 0 radical (unpaired) electrons. The van der Waals surface area contributed by atoms with Gasteiger partial charge in [-0.25, -0.2) is 9.78 Å². The number of nitrogens with two attached hydrogens (primary N) is 1. The Balaban J connectivity index is 1.95. The lowest BCUT2D eigenvalue weighted by Gasteiger charge is -2.20. The molecule has 11 nitrogen and oxygen atoms in total. The zero-order chi connectivity index (χ0) is 23.5. The molecule has 7 N–H and O–H groups in total. The van der Waals surface area contributed by atoms with Crippen molar-refractivity contribution in [1.82, 2.24) is 25.9 Å². The first kappa shape index (κ1) is 24.9. The molecule has 1 aromatic carbocycles. The largest absolute Gasteiger partial charge is 0.480 e. The summed E-state index contributed by atoms with van der Waals surface area (Å²) in [5.74, 6) is -2.99. The zero-order valence-corrected chi connectivity index (χ0v) is 18.0. The molecule has 12 heteroatoms. The van der Waals surface area contributed by atoms with Crippen molar-refractivity contribution < 1.29 is 24.3 Å². The normalized spacial score (nSPS) is 13.4. The van der Waals surface area contributed by atoms with E-state index in [1.54, 1.807) is 30.3 Å². The number of thiol groups is 1. The molecule has 0 saturated heterocycles. The van der Waals surface area contributed by atoms with E-state index >= 15 is 0 Å². The van der Waals surface area contributed by atoms with Crippen LogP contribution in [-0.2, 0) is 32.0 Å². The second-order valence-electron chi connectivity index (χ2n) is 7.00. The molecule has 2 aromatic rings. The van der Waals surface area contributed by atoms with Crippen LogP contribution >= 0.6 is 12.6 Å². The minimum absolute atomic E-state index is 0.0875. The van der Waals surface area contributed by atoms with Gasteiger partial charge in [0, 0.05) is 30.5 Å². The molecule has 0 fully saturated rings. The number of aromatic nitrogens is 2. The Labute approximate surface area is 190 Å². The summed E-state index contributed by atoms with van der Waals surface area (Å²) in [5.41, 5.74) is 6.98. The van der Waals surface area contributed by atoms with E-state index in [1.807, 2.05) is 0 Å². The first-order valence-corrected chi connectivity index (χ1v) is 10.4. The topological polar surface area (TPSA) is 179 Å². The Bertz CT molecular complexity index is 908. The third kappa shape index (κ3) is 8.04. The van der Waals surface area contributed by atoms with E-state index in [9.17, 15) is 24.3 Å². The zero-order valence-electron chi connectivity index (χ0n) is 17.2. The van der Waals surface area contributed by atoms with Crippen LogP contribution in [0.25, 0.3) is 0 Å². The van der Waals surface area contributed by atoms with E-state index in [2.05, 4.69) is 38.5 Å². The molecule has 172 valence electrons. The van der Waals surface area contributed by atoms with E-state index in [0.717, 1.165) is 5.56 Å². The van der Waals surface area contributed by atoms with Crippen LogP contribution < -0.4 is 21.7 Å². The molecular weight excluding hydrogens is 436 g/mol. The molecule has 0 bridgehead atoms. The molecule has 2 rings (SSSR count). The number of hydrogen-bond acceptors (Lipinski definition) is 7. The van der Waals surface area contributed by atoms with Gasteiger partial charge in [-0.05, 0) is 5.56 Å². The second kappa shape index (κ2) is 12.5. The molecule has 3 unspecified atom stereocenters. The number of amides is 3. The number of aromatic amines is 1. The van der Waals surface area contributed by atoms with Crippen molar-refractivity contribution in [2.75, 3.05) is 12.3 Å². The van der Waals surface area contributed by atoms with Gasteiger partial charge in [-0.2, -0.15) is 12.6 Å². The lowest BCUT2D eigenvalue weighted by molar-refractivity contribution is -0.141. The highest BCUT2D eigenvalue weighted by Crippen LogP contribution is 2.04. The lowest BCUT2D eigenvalue weighted by atomic mass is 10.1. The molecule has 0 saturated carbocycles. The summed E-state index contributed by atoms with van der Waals surface area (Å²) in [6, 6.07) is 5.75. The summed E-state index contributed by atoms with van der Waals surface area (Å²) in [7, 11) is 0. The Kier molecular flexibility index (Phi) is 9.70. The van der Waals surface area contributed by atoms with Gasteiger partial charge in [-0.3, -0.25) is 14.4 Å². The molecule has 1 aromatic heterocycles. The van der Waals surface area contributed by atoms with Gasteiger partial charge in [0.1, 0.15) is 12.1 Å². The third-order valence-electron chi connectivity index (χ3n) is 4.48. The third-order valence-corrected chi connectivity index (χ3v) is 4.88. The van der Waals surface area contributed by atoms with Crippen LogP contribution in [-0.4, -0.2) is 69.2 Å². The maximum absolute atomic E-state index is 12.6. The van der Waals surface area contributed by atoms with E-state index in [4.69, 9.17) is 5.73 Å². The Morgan fingerprint density at radius 1 is 1.06 bits per heavy atom. The summed E-state index contributed by atoms with van der Waals surface area (Å²) >= 11 is 3.97. The molecule has 0 aliphatic heterocycles. The van der Waals surface area contributed by atoms with E-state index < -0.39 is 48.4 Å². The van der Waals surface area contributed by atoms with E-state index in [1.165, 1.54) is 12.5 Å². The summed E-state index contributed by atoms with van der Waals surface area (Å²) < 4.78 is 0. The minimum Gasteiger partial charge on any atom is -0.480 e. The van der Waals surface area contributed by atoms with Gasteiger partial charge in [0.15, 0.2) is 0 Å². The number of carboxylic acid groups (broad SMARTS) is 1. The fraction of sp³-hybridized carbons (Fsp3) is 0.350. The first-order valence-electron chi connectivity index (χ1n) is 9.78. The number of imidazole rings is 1. The number of carbonyl (C=O) groups is 4. The molecule has 0 aliphatic carbocycles. The van der Waals surface area contributed by atoms with Crippen molar-refractivity contribution in [1.29, 1.82) is 0 Å². The molecule has 0 aliphatic rings. The number of nitrogens with zero attached hydrogens (tertiary/aromatic N) is 1. The highest BCUT2D eigenvalue weighted by atomic mass is 32.1. The maximum Gasteiger partial charge on any atom is 0.326 e. The van der Waals surface area contributed by atoms with Gasteiger partial charge in [0.05, 0.1) is 18.9 Å². The van der Waals surface area contributed by atoms with Crippen LogP contribution in [0.1, 0.15) is 11.3 Å². The van der Waals surface area contributed by atoms with Crippen LogP contribution in [0.3, 0.4) is 0 Å². The van der Waals surface area contributed by atoms with Gasteiger partial charge in [-0.1, -0.05) is 30.3 Å². The van der Waals surface area contributed by atoms with Gasteiger partial charge >= 0.3 is 5.97 Å². The second-order valence-corrected chi connectivity index (χ2v) is 7.36. The predicted octanol–water partition coefficient (Wildman–Crippen LogP) is -1.38. The average Bonchev–Trinajstić information content (AvgIpc) is 3.29. The smallest absolute Gasteiger partial charge is 0.326 e. The van der Waals surface area contributed by atoms with Crippen LogP contribution in [0.2, 0.25) is 0 Å². The standard InChI is InChI=1S/C20H26N6O5S/c21-14(10-32)18(28)26-15(7-13-8-22-11-24-13)19(29)23-9-17(27)25-16(20(30)31)6-12-4-2-1-3-5-12/h1-5,8,11,14-16,32H,6-7,9-10,21H2,(H,22,24)(H,23,29)(H,25,27)(H,26,28)(H,30,31). The molecule has 0 spiro atoms. The van der Waals surface area contributed by atoms with Crippen molar-refractivity contribution >= 4 is 36.3 Å².